The Balaban J connectivity index is 1.22. The lowest BCUT2D eigenvalue weighted by atomic mass is 9.84. The summed E-state index contributed by atoms with van der Waals surface area (Å²) in [6.07, 6.45) is 17.8. The van der Waals surface area contributed by atoms with E-state index in [1.165, 1.54) is 12.2 Å². The minimum absolute atomic E-state index is 0.146. The van der Waals surface area contributed by atoms with Gasteiger partial charge in [-0.2, -0.15) is 0 Å². The molecule has 282 valence electrons. The summed E-state index contributed by atoms with van der Waals surface area (Å²) in [7, 11) is 0. The van der Waals surface area contributed by atoms with Gasteiger partial charge in [0, 0.05) is 25.4 Å². The van der Waals surface area contributed by atoms with E-state index in [1.807, 2.05) is 0 Å². The molecule has 0 heterocycles. The van der Waals surface area contributed by atoms with E-state index in [0.717, 1.165) is 96.2 Å². The monoisotopic (exact) mass is 704 g/mol. The minimum atomic E-state index is -0.481. The Morgan fingerprint density at radius 2 is 0.940 bits per heavy atom. The highest BCUT2D eigenvalue weighted by atomic mass is 16.6. The van der Waals surface area contributed by atoms with Crippen molar-refractivity contribution in [2.45, 2.75) is 146 Å². The Morgan fingerprint density at radius 3 is 1.38 bits per heavy atom. The molecule has 0 aromatic carbocycles. The fourth-order valence-electron chi connectivity index (χ4n) is 7.05. The molecule has 11 nitrogen and oxygen atoms in total. The summed E-state index contributed by atoms with van der Waals surface area (Å²) in [6.45, 7) is 8.95. The number of ether oxygens (including phenoxy) is 6. The van der Waals surface area contributed by atoms with Crippen molar-refractivity contribution in [1.29, 1.82) is 0 Å². The summed E-state index contributed by atoms with van der Waals surface area (Å²) < 4.78 is 33.8. The molecule has 3 aliphatic carbocycles. The van der Waals surface area contributed by atoms with Gasteiger partial charge in [0.2, 0.25) is 0 Å². The highest BCUT2D eigenvalue weighted by Crippen LogP contribution is 2.34. The SMILES string of the molecule is C=CC(=O)OCCCCCCOC1CCC(C(=O)OC2CCC(OC(=O)C3CCC(OCCCCCCOC(=O)C=C)CC3)C(C=O)C2)CC1. The summed E-state index contributed by atoms with van der Waals surface area (Å²) in [4.78, 5) is 60.0. The first-order valence-corrected chi connectivity index (χ1v) is 19.0. The van der Waals surface area contributed by atoms with Gasteiger partial charge in [-0.15, -0.1) is 0 Å². The maximum atomic E-state index is 13.0. The van der Waals surface area contributed by atoms with Gasteiger partial charge < -0.3 is 33.2 Å². The van der Waals surface area contributed by atoms with E-state index < -0.39 is 12.0 Å². The number of hydrogen-bond acceptors (Lipinski definition) is 11. The molecule has 50 heavy (non-hydrogen) atoms. The van der Waals surface area contributed by atoms with Crippen LogP contribution in [0.4, 0.5) is 0 Å². The molecule has 0 radical (unpaired) electrons. The van der Waals surface area contributed by atoms with Crippen LogP contribution in [0.15, 0.2) is 25.3 Å². The fraction of sp³-hybridized carbons (Fsp3) is 0.769. The molecule has 0 spiro atoms. The lowest BCUT2D eigenvalue weighted by molar-refractivity contribution is -0.170. The van der Waals surface area contributed by atoms with Crippen LogP contribution < -0.4 is 0 Å². The zero-order valence-electron chi connectivity index (χ0n) is 29.9. The quantitative estimate of drug-likeness (QED) is 0.0377. The van der Waals surface area contributed by atoms with Gasteiger partial charge in [-0.1, -0.05) is 26.0 Å². The van der Waals surface area contributed by atoms with Crippen LogP contribution >= 0.6 is 0 Å². The minimum Gasteiger partial charge on any atom is -0.463 e. The number of carbonyl (C=O) groups excluding carboxylic acids is 5. The first-order chi connectivity index (χ1) is 24.3. The molecule has 0 aromatic heterocycles. The van der Waals surface area contributed by atoms with Gasteiger partial charge in [0.15, 0.2) is 0 Å². The Bertz CT molecular complexity index is 1060. The maximum absolute atomic E-state index is 13.0. The zero-order chi connectivity index (χ0) is 36.0. The number of unbranched alkanes of at least 4 members (excludes halogenated alkanes) is 6. The van der Waals surface area contributed by atoms with Crippen LogP contribution in [0.2, 0.25) is 0 Å². The third-order valence-electron chi connectivity index (χ3n) is 10.1. The van der Waals surface area contributed by atoms with Gasteiger partial charge in [0.05, 0.1) is 43.2 Å². The molecule has 3 unspecified atom stereocenters. The summed E-state index contributed by atoms with van der Waals surface area (Å²) in [6, 6.07) is 0. The van der Waals surface area contributed by atoms with E-state index in [0.29, 0.717) is 58.5 Å². The molecule has 3 aliphatic rings. The van der Waals surface area contributed by atoms with Crippen molar-refractivity contribution in [2.75, 3.05) is 26.4 Å². The standard InChI is InChI=1S/C39H60O11/c1-3-36(41)47-25-11-7-5-9-23-45-32-17-13-29(14-18-32)38(43)49-34-21-22-35(31(27-34)28-40)50-39(44)30-15-19-33(20-16-30)46-24-10-6-8-12-26-48-37(42)4-2/h3-4,28-35H,1-2,5-27H2. The third-order valence-corrected chi connectivity index (χ3v) is 10.1. The average molecular weight is 705 g/mol. The van der Waals surface area contributed by atoms with E-state index in [1.54, 1.807) is 0 Å². The Morgan fingerprint density at radius 1 is 0.520 bits per heavy atom. The number of rotatable bonds is 23. The highest BCUT2D eigenvalue weighted by molar-refractivity contribution is 5.81. The van der Waals surface area contributed by atoms with Crippen molar-refractivity contribution in [1.82, 2.24) is 0 Å². The first kappa shape index (κ1) is 41.4. The predicted molar refractivity (Wildman–Crippen MR) is 186 cm³/mol. The van der Waals surface area contributed by atoms with Gasteiger partial charge >= 0.3 is 23.9 Å². The Hall–Kier alpha value is -3.05. The topological polar surface area (TPSA) is 141 Å². The normalized spacial score (nSPS) is 26.6. The van der Waals surface area contributed by atoms with Gasteiger partial charge in [0.25, 0.3) is 0 Å². The van der Waals surface area contributed by atoms with Crippen LogP contribution in [-0.4, -0.2) is 81.0 Å². The highest BCUT2D eigenvalue weighted by Gasteiger charge is 2.38. The summed E-state index contributed by atoms with van der Waals surface area (Å²) in [5.41, 5.74) is 0. The van der Waals surface area contributed by atoms with E-state index in [9.17, 15) is 24.0 Å². The largest absolute Gasteiger partial charge is 0.463 e. The predicted octanol–water partition coefficient (Wildman–Crippen LogP) is 6.54. The second-order valence-corrected chi connectivity index (χ2v) is 13.9. The lowest BCUT2D eigenvalue weighted by Gasteiger charge is -2.35. The fourth-order valence-corrected chi connectivity index (χ4v) is 7.05. The average Bonchev–Trinajstić information content (AvgIpc) is 3.14. The van der Waals surface area contributed by atoms with Gasteiger partial charge in [0.1, 0.15) is 18.5 Å². The van der Waals surface area contributed by atoms with Crippen LogP contribution in [0, 0.1) is 17.8 Å². The van der Waals surface area contributed by atoms with Crippen LogP contribution in [-0.2, 0) is 52.4 Å². The van der Waals surface area contributed by atoms with Crippen molar-refractivity contribution in [3.8, 4) is 0 Å². The molecule has 3 rings (SSSR count). The molecule has 0 saturated heterocycles. The summed E-state index contributed by atoms with van der Waals surface area (Å²) in [5.74, 6) is -2.03. The van der Waals surface area contributed by atoms with Crippen LogP contribution in [0.5, 0.6) is 0 Å². The molecule has 0 bridgehead atoms. The second kappa shape index (κ2) is 24.2. The van der Waals surface area contributed by atoms with Crippen LogP contribution in [0.1, 0.15) is 122 Å². The van der Waals surface area contributed by atoms with Crippen molar-refractivity contribution in [2.24, 2.45) is 17.8 Å². The van der Waals surface area contributed by atoms with E-state index in [2.05, 4.69) is 13.2 Å². The molecule has 3 saturated carbocycles. The molecule has 0 aromatic rings. The van der Waals surface area contributed by atoms with E-state index in [4.69, 9.17) is 28.4 Å². The lowest BCUT2D eigenvalue weighted by Crippen LogP contribution is -2.40. The van der Waals surface area contributed by atoms with Crippen molar-refractivity contribution >= 4 is 30.2 Å². The van der Waals surface area contributed by atoms with Gasteiger partial charge in [-0.25, -0.2) is 9.59 Å². The molecular weight excluding hydrogens is 644 g/mol. The molecule has 11 heteroatoms. The first-order valence-electron chi connectivity index (χ1n) is 19.0. The van der Waals surface area contributed by atoms with Crippen molar-refractivity contribution < 1.29 is 52.4 Å². The Labute approximate surface area is 298 Å². The van der Waals surface area contributed by atoms with E-state index in [-0.39, 0.29) is 54.0 Å². The van der Waals surface area contributed by atoms with Crippen molar-refractivity contribution in [3.63, 3.8) is 0 Å². The second-order valence-electron chi connectivity index (χ2n) is 13.9. The number of aldehydes is 1. The molecule has 3 atom stereocenters. The summed E-state index contributed by atoms with van der Waals surface area (Å²) in [5, 5.41) is 0. The van der Waals surface area contributed by atoms with Crippen LogP contribution in [0.3, 0.4) is 0 Å². The van der Waals surface area contributed by atoms with Crippen LogP contribution in [0.25, 0.3) is 0 Å². The zero-order valence-corrected chi connectivity index (χ0v) is 29.9. The molecule has 0 amide bonds. The molecular formula is C39H60O11. The Kier molecular flexibility index (Phi) is 20.0. The molecule has 3 fully saturated rings. The molecule has 0 N–H and O–H groups in total. The summed E-state index contributed by atoms with van der Waals surface area (Å²) >= 11 is 0. The maximum Gasteiger partial charge on any atom is 0.330 e. The van der Waals surface area contributed by atoms with Gasteiger partial charge in [-0.05, 0) is 109 Å². The smallest absolute Gasteiger partial charge is 0.330 e. The van der Waals surface area contributed by atoms with Crippen molar-refractivity contribution in [3.05, 3.63) is 25.3 Å². The number of carbonyl (C=O) groups is 5. The van der Waals surface area contributed by atoms with Gasteiger partial charge in [-0.3, -0.25) is 9.59 Å². The van der Waals surface area contributed by atoms with E-state index >= 15 is 0 Å². The number of hydrogen-bond donors (Lipinski definition) is 0. The number of esters is 4. The molecule has 0 aliphatic heterocycles. The third kappa shape index (κ3) is 15.9.